The van der Waals surface area contributed by atoms with E-state index >= 15 is 0 Å². The van der Waals surface area contributed by atoms with Gasteiger partial charge in [-0.15, -0.1) is 0 Å². The summed E-state index contributed by atoms with van der Waals surface area (Å²) in [6.45, 7) is 1.07. The lowest BCUT2D eigenvalue weighted by molar-refractivity contribution is -0.202. The van der Waals surface area contributed by atoms with E-state index in [1.54, 1.807) is 6.92 Å². The minimum Gasteiger partial charge on any atom is -0.394 e. The van der Waals surface area contributed by atoms with E-state index < -0.39 is 31.2 Å². The van der Waals surface area contributed by atoms with Crippen molar-refractivity contribution in [2.45, 2.75) is 31.5 Å². The van der Waals surface area contributed by atoms with Gasteiger partial charge in [-0.25, -0.2) is 0 Å². The van der Waals surface area contributed by atoms with Crippen LogP contribution < -0.4 is 0 Å². The maximum absolute atomic E-state index is 9.12. The molecule has 80 valence electrons. The van der Waals surface area contributed by atoms with Gasteiger partial charge in [0.2, 0.25) is 0 Å². The normalized spacial score (nSPS) is 20.8. The Morgan fingerprint density at radius 3 is 2.00 bits per heavy atom. The molecule has 0 rings (SSSR count). The lowest BCUT2D eigenvalue weighted by Crippen LogP contribution is -2.46. The van der Waals surface area contributed by atoms with Crippen molar-refractivity contribution >= 4 is 0 Å². The minimum absolute atomic E-state index is 0.167. The number of aliphatic hydroxyl groups is 5. The van der Waals surface area contributed by atoms with Gasteiger partial charge in [0.05, 0.1) is 6.61 Å². The zero-order valence-corrected chi connectivity index (χ0v) is 7.37. The van der Waals surface area contributed by atoms with Gasteiger partial charge in [-0.05, 0) is 6.92 Å². The van der Waals surface area contributed by atoms with Crippen LogP contribution in [0.4, 0.5) is 0 Å². The zero-order valence-electron chi connectivity index (χ0n) is 7.37. The Bertz CT molecular complexity index is 130. The maximum Gasteiger partial charge on any atom is 0.183 e. The van der Waals surface area contributed by atoms with Crippen LogP contribution in [0.3, 0.4) is 0 Å². The molecule has 0 saturated carbocycles. The third-order valence-electron chi connectivity index (χ3n) is 1.56. The molecule has 4 atom stereocenters. The molecule has 6 nitrogen and oxygen atoms in total. The van der Waals surface area contributed by atoms with Crippen molar-refractivity contribution in [1.82, 2.24) is 0 Å². The van der Waals surface area contributed by atoms with Crippen LogP contribution in [0.15, 0.2) is 0 Å². The first kappa shape index (κ1) is 12.8. The third kappa shape index (κ3) is 3.99. The van der Waals surface area contributed by atoms with Crippen LogP contribution in [0.1, 0.15) is 6.92 Å². The molecule has 0 spiro atoms. The summed E-state index contributed by atoms with van der Waals surface area (Å²) in [6.07, 6.45) is -6.33. The largest absolute Gasteiger partial charge is 0.394 e. The lowest BCUT2D eigenvalue weighted by atomic mass is 10.1. The zero-order chi connectivity index (χ0) is 10.4. The number of aliphatic hydroxyl groups excluding tert-OH is 5. The van der Waals surface area contributed by atoms with Crippen molar-refractivity contribution in [3.8, 4) is 0 Å². The van der Waals surface area contributed by atoms with E-state index in [0.717, 1.165) is 0 Å². The number of ether oxygens (including phenoxy) is 1. The molecule has 0 radical (unpaired) electrons. The molecule has 0 aliphatic heterocycles. The molecule has 1 unspecified atom stereocenters. The predicted molar refractivity (Wildman–Crippen MR) is 42.7 cm³/mol. The topological polar surface area (TPSA) is 110 Å². The highest BCUT2D eigenvalue weighted by Crippen LogP contribution is 2.05. The molecule has 0 aromatic carbocycles. The van der Waals surface area contributed by atoms with E-state index in [2.05, 4.69) is 4.74 Å². The van der Waals surface area contributed by atoms with Gasteiger partial charge in [-0.2, -0.15) is 0 Å². The van der Waals surface area contributed by atoms with Crippen LogP contribution >= 0.6 is 0 Å². The highest BCUT2D eigenvalue weighted by Gasteiger charge is 2.30. The monoisotopic (exact) mass is 196 g/mol. The van der Waals surface area contributed by atoms with E-state index in [1.165, 1.54) is 0 Å². The first-order valence-electron chi connectivity index (χ1n) is 3.99. The second-order valence-electron chi connectivity index (χ2n) is 2.58. The summed E-state index contributed by atoms with van der Waals surface area (Å²) >= 11 is 0. The van der Waals surface area contributed by atoms with Gasteiger partial charge < -0.3 is 30.3 Å². The quantitative estimate of drug-likeness (QED) is 0.298. The maximum atomic E-state index is 9.12. The molecule has 0 saturated heterocycles. The van der Waals surface area contributed by atoms with Crippen LogP contribution in [-0.2, 0) is 4.74 Å². The molecule has 5 N–H and O–H groups in total. The fourth-order valence-corrected chi connectivity index (χ4v) is 0.774. The average molecular weight is 196 g/mol. The Morgan fingerprint density at radius 1 is 1.08 bits per heavy atom. The SMILES string of the molecule is CCOC(O)[C@H](O)[C@@H](O)[C@H](O)CO. The smallest absolute Gasteiger partial charge is 0.183 e. The van der Waals surface area contributed by atoms with Gasteiger partial charge in [-0.1, -0.05) is 0 Å². The second-order valence-corrected chi connectivity index (χ2v) is 2.58. The number of rotatable bonds is 6. The standard InChI is InChI=1S/C7H16O6/c1-2-13-7(12)6(11)5(10)4(9)3-8/h4-12H,2-3H2,1H3/t4-,5+,6-,7?/m1/s1. The van der Waals surface area contributed by atoms with Crippen molar-refractivity contribution in [2.24, 2.45) is 0 Å². The highest BCUT2D eigenvalue weighted by atomic mass is 16.6. The first-order chi connectivity index (χ1) is 6.04. The Morgan fingerprint density at radius 2 is 1.62 bits per heavy atom. The van der Waals surface area contributed by atoms with Crippen LogP contribution in [0.5, 0.6) is 0 Å². The second kappa shape index (κ2) is 6.25. The molecule has 0 aromatic heterocycles. The summed E-state index contributed by atoms with van der Waals surface area (Å²) in [5.74, 6) is 0. The highest BCUT2D eigenvalue weighted by molar-refractivity contribution is 4.76. The van der Waals surface area contributed by atoms with E-state index in [4.69, 9.17) is 25.5 Å². The molecule has 0 fully saturated rings. The van der Waals surface area contributed by atoms with Crippen LogP contribution in [0, 0.1) is 0 Å². The van der Waals surface area contributed by atoms with Crippen molar-refractivity contribution in [2.75, 3.05) is 13.2 Å². The molecule has 0 heterocycles. The molecule has 0 aromatic rings. The summed E-state index contributed by atoms with van der Waals surface area (Å²) in [7, 11) is 0. The number of hydrogen-bond acceptors (Lipinski definition) is 6. The van der Waals surface area contributed by atoms with Gasteiger partial charge in [0.15, 0.2) is 6.29 Å². The van der Waals surface area contributed by atoms with Crippen LogP contribution in [-0.4, -0.2) is 63.3 Å². The molecule has 6 heteroatoms. The van der Waals surface area contributed by atoms with Gasteiger partial charge in [0.1, 0.15) is 18.3 Å². The fraction of sp³-hybridized carbons (Fsp3) is 1.00. The molecular formula is C7H16O6. The fourth-order valence-electron chi connectivity index (χ4n) is 0.774. The van der Waals surface area contributed by atoms with E-state index in [-0.39, 0.29) is 6.61 Å². The van der Waals surface area contributed by atoms with Gasteiger partial charge >= 0.3 is 0 Å². The molecule has 0 aliphatic carbocycles. The Labute approximate surface area is 76.0 Å². The minimum atomic E-state index is -1.64. The summed E-state index contributed by atoms with van der Waals surface area (Å²) in [5.41, 5.74) is 0. The Kier molecular flexibility index (Phi) is 6.13. The first-order valence-corrected chi connectivity index (χ1v) is 3.99. The van der Waals surface area contributed by atoms with E-state index in [0.29, 0.717) is 0 Å². The van der Waals surface area contributed by atoms with Crippen LogP contribution in [0.2, 0.25) is 0 Å². The third-order valence-corrected chi connectivity index (χ3v) is 1.56. The molecule has 13 heavy (non-hydrogen) atoms. The van der Waals surface area contributed by atoms with E-state index in [1.807, 2.05) is 0 Å². The average Bonchev–Trinajstić information content (AvgIpc) is 2.14. The van der Waals surface area contributed by atoms with E-state index in [9.17, 15) is 0 Å². The van der Waals surface area contributed by atoms with Gasteiger partial charge in [0, 0.05) is 6.61 Å². The number of hydrogen-bond donors (Lipinski definition) is 5. The molecule has 0 bridgehead atoms. The summed E-state index contributed by atoms with van der Waals surface area (Å²) < 4.78 is 4.57. The van der Waals surface area contributed by atoms with Crippen molar-refractivity contribution in [3.05, 3.63) is 0 Å². The molecule has 0 amide bonds. The summed E-state index contributed by atoms with van der Waals surface area (Å²) in [4.78, 5) is 0. The summed E-state index contributed by atoms with van der Waals surface area (Å²) in [5, 5.41) is 44.5. The van der Waals surface area contributed by atoms with Gasteiger partial charge in [-0.3, -0.25) is 0 Å². The van der Waals surface area contributed by atoms with Crippen molar-refractivity contribution < 1.29 is 30.3 Å². The van der Waals surface area contributed by atoms with Crippen molar-refractivity contribution in [3.63, 3.8) is 0 Å². The Balaban J connectivity index is 3.99. The van der Waals surface area contributed by atoms with Crippen molar-refractivity contribution in [1.29, 1.82) is 0 Å². The molecule has 0 aliphatic rings. The lowest BCUT2D eigenvalue weighted by Gasteiger charge is -2.24. The predicted octanol–water partition coefficient (Wildman–Crippen LogP) is -2.58. The molecular weight excluding hydrogens is 180 g/mol. The Hall–Kier alpha value is -0.240. The van der Waals surface area contributed by atoms with Crippen LogP contribution in [0.25, 0.3) is 0 Å². The summed E-state index contributed by atoms with van der Waals surface area (Å²) in [6, 6.07) is 0. The van der Waals surface area contributed by atoms with Gasteiger partial charge in [0.25, 0.3) is 0 Å².